The van der Waals surface area contributed by atoms with Crippen LogP contribution in [0, 0.1) is 56.7 Å². The molecule has 0 radical (unpaired) electrons. The molecule has 2 aromatic carbocycles. The number of benzene rings is 2. The third-order valence-electron chi connectivity index (χ3n) is 16.8. The first-order valence-electron chi connectivity index (χ1n) is 22.3. The van der Waals surface area contributed by atoms with Crippen LogP contribution in [0.15, 0.2) is 61.2 Å². The molecule has 0 spiro atoms. The van der Waals surface area contributed by atoms with E-state index in [1.807, 2.05) is 32.9 Å². The number of nitrogens with two attached hydrogens (primary N) is 1. The Balaban J connectivity index is 0.000000721. The van der Waals surface area contributed by atoms with Crippen molar-refractivity contribution in [1.82, 2.24) is 5.32 Å². The van der Waals surface area contributed by atoms with Gasteiger partial charge in [0.25, 0.3) is 5.91 Å². The number of fused-ring (bicyclic) bond motifs is 7. The molecule has 0 heterocycles. The van der Waals surface area contributed by atoms with Gasteiger partial charge in [-0.05, 0) is 182 Å². The van der Waals surface area contributed by atoms with E-state index in [1.54, 1.807) is 24.3 Å². The van der Waals surface area contributed by atoms with Crippen molar-refractivity contribution in [2.45, 2.75) is 151 Å². The first-order chi connectivity index (χ1) is 27.2. The maximum absolute atomic E-state index is 13.3. The van der Waals surface area contributed by atoms with Gasteiger partial charge in [0, 0.05) is 12.1 Å². The minimum absolute atomic E-state index is 0.0165. The number of carbonyl (C=O) groups is 3. The van der Waals surface area contributed by atoms with E-state index in [0.717, 1.165) is 42.1 Å². The lowest BCUT2D eigenvalue weighted by atomic mass is 9.35. The zero-order valence-corrected chi connectivity index (χ0v) is 36.2. The third-order valence-corrected chi connectivity index (χ3v) is 16.8. The van der Waals surface area contributed by atoms with Crippen molar-refractivity contribution in [2.75, 3.05) is 0 Å². The number of primary amides is 1. The van der Waals surface area contributed by atoms with Gasteiger partial charge in [-0.15, -0.1) is 6.58 Å². The molecule has 7 nitrogen and oxygen atoms in total. The van der Waals surface area contributed by atoms with Crippen LogP contribution in [0.1, 0.15) is 164 Å². The Morgan fingerprint density at radius 2 is 1.42 bits per heavy atom. The van der Waals surface area contributed by atoms with E-state index in [4.69, 9.17) is 4.79 Å². The molecule has 0 bridgehead atoms. The molecule has 6 fully saturated rings. The van der Waals surface area contributed by atoms with Crippen LogP contribution in [0.2, 0.25) is 0 Å². The fraction of sp³-hybridized carbons (Fsp3) is 0.660. The molecule has 5 N–H and O–H groups in total. The molecule has 9 unspecified atom stereocenters. The van der Waals surface area contributed by atoms with Crippen LogP contribution in [0.3, 0.4) is 0 Å². The van der Waals surface area contributed by atoms with Crippen LogP contribution in [-0.4, -0.2) is 34.6 Å². The molecule has 0 aliphatic heterocycles. The van der Waals surface area contributed by atoms with Crippen molar-refractivity contribution in [2.24, 2.45) is 62.4 Å². The summed E-state index contributed by atoms with van der Waals surface area (Å²) in [5, 5.41) is 23.4. The lowest BCUT2D eigenvalue weighted by Gasteiger charge is -2.69. The maximum Gasteiger partial charge on any atom is 0.335 e. The Labute approximate surface area is 344 Å². The Morgan fingerprint density at radius 1 is 0.807 bits per heavy atom. The Morgan fingerprint density at radius 3 is 2.07 bits per heavy atom. The average molecular weight is 783 g/mol. The standard InChI is InChI=1S/C44H59NO4.C3H6.C2H6.CH3NO/c1-40(2)35-16-19-41(3)33-15-21-44(18-7-12-34(44)32(33)13-14-36(41)42(35,4)20-17-37(40)46)43(22-23-43)26-28-8-5-10-30(24-28)38(47)45-27-29-9-6-11-31(25-29)39(48)49;1-3-2;1-2;2-1-3/h5-6,8-11,24-25,32-37,46H,7,12-23,26-27H2,1-4H3,(H,45,47)(H,48,49);3H,1H2,2H3;1-2H3;1H,(H2,2,3). The number of aliphatic hydroxyl groups excluding tert-OH is 1. The number of carboxylic acid groups (broad SMARTS) is 1. The fourth-order valence-corrected chi connectivity index (χ4v) is 14.4. The highest BCUT2D eigenvalue weighted by Gasteiger charge is 2.70. The molecule has 2 amide bonds. The molecule has 0 saturated heterocycles. The van der Waals surface area contributed by atoms with Crippen LogP contribution in [-0.2, 0) is 17.8 Å². The van der Waals surface area contributed by atoms with E-state index in [1.165, 1.54) is 82.6 Å². The van der Waals surface area contributed by atoms with Gasteiger partial charge in [0.15, 0.2) is 0 Å². The smallest absolute Gasteiger partial charge is 0.335 e. The predicted molar refractivity (Wildman–Crippen MR) is 231 cm³/mol. The van der Waals surface area contributed by atoms with E-state index in [9.17, 15) is 19.8 Å². The first kappa shape index (κ1) is 44.6. The zero-order chi connectivity index (χ0) is 41.8. The highest BCUT2D eigenvalue weighted by molar-refractivity contribution is 5.94. The van der Waals surface area contributed by atoms with Crippen molar-refractivity contribution in [3.63, 3.8) is 0 Å². The second-order valence-corrected chi connectivity index (χ2v) is 19.5. The SMILES string of the molecule is C=CC.CC.CC1(C)C(O)CCC2(C)C1CCC1(C)C3CCC4(C5(Cc6cccc(C(=O)NCc7cccc(C(=O)O)c7)c6)CC5)CCCC4C3CCC12.NC=O. The Bertz CT molecular complexity index is 1730. The van der Waals surface area contributed by atoms with E-state index in [2.05, 4.69) is 63.5 Å². The zero-order valence-electron chi connectivity index (χ0n) is 36.2. The number of aromatic carboxylic acids is 1. The molecule has 7 heteroatoms. The molecule has 314 valence electrons. The molecular weight excluding hydrogens is 709 g/mol. The molecule has 6 aliphatic carbocycles. The molecule has 2 aromatic rings. The number of nitrogens with one attached hydrogen (secondary N) is 1. The number of carboxylic acids is 1. The van der Waals surface area contributed by atoms with Crippen molar-refractivity contribution >= 4 is 18.3 Å². The summed E-state index contributed by atoms with van der Waals surface area (Å²) < 4.78 is 0. The Kier molecular flexibility index (Phi) is 14.0. The summed E-state index contributed by atoms with van der Waals surface area (Å²) in [6.45, 7) is 19.6. The summed E-state index contributed by atoms with van der Waals surface area (Å²) in [5.74, 6) is 2.89. The van der Waals surface area contributed by atoms with Gasteiger partial charge in [0.05, 0.1) is 11.7 Å². The highest BCUT2D eigenvalue weighted by Crippen LogP contribution is 2.78. The number of carbonyl (C=O) groups excluding carboxylic acids is 2. The molecule has 0 aromatic heterocycles. The highest BCUT2D eigenvalue weighted by atomic mass is 16.4. The quantitative estimate of drug-likeness (QED) is 0.164. The van der Waals surface area contributed by atoms with Crippen molar-refractivity contribution in [3.05, 3.63) is 83.4 Å². The van der Waals surface area contributed by atoms with Crippen molar-refractivity contribution in [3.8, 4) is 0 Å². The Hall–Kier alpha value is -3.45. The van der Waals surface area contributed by atoms with E-state index in [0.29, 0.717) is 39.7 Å². The van der Waals surface area contributed by atoms with Crippen LogP contribution >= 0.6 is 0 Å². The summed E-state index contributed by atoms with van der Waals surface area (Å²) in [6, 6.07) is 15.1. The molecule has 9 atom stereocenters. The lowest BCUT2D eigenvalue weighted by molar-refractivity contribution is -0.218. The minimum atomic E-state index is -0.958. The topological polar surface area (TPSA) is 130 Å². The van der Waals surface area contributed by atoms with Crippen molar-refractivity contribution in [1.29, 1.82) is 0 Å². The van der Waals surface area contributed by atoms with Crippen LogP contribution < -0.4 is 11.1 Å². The maximum atomic E-state index is 13.3. The summed E-state index contributed by atoms with van der Waals surface area (Å²) in [6.07, 6.45) is 20.1. The fourth-order valence-electron chi connectivity index (χ4n) is 14.4. The van der Waals surface area contributed by atoms with Crippen LogP contribution in [0.25, 0.3) is 0 Å². The lowest BCUT2D eigenvalue weighted by Crippen LogP contribution is -2.63. The monoisotopic (exact) mass is 783 g/mol. The van der Waals surface area contributed by atoms with Gasteiger partial charge in [-0.3, -0.25) is 9.59 Å². The van der Waals surface area contributed by atoms with Gasteiger partial charge < -0.3 is 21.3 Å². The summed E-state index contributed by atoms with van der Waals surface area (Å²) in [4.78, 5) is 33.2. The van der Waals surface area contributed by atoms with Gasteiger partial charge in [0.2, 0.25) is 6.41 Å². The van der Waals surface area contributed by atoms with E-state index < -0.39 is 5.97 Å². The predicted octanol–water partition coefficient (Wildman–Crippen LogP) is 10.8. The molecule has 6 saturated carbocycles. The minimum Gasteiger partial charge on any atom is -0.478 e. The summed E-state index contributed by atoms with van der Waals surface area (Å²) in [7, 11) is 0. The molecular formula is C50H74N2O5. The van der Waals surface area contributed by atoms with Gasteiger partial charge in [-0.25, -0.2) is 4.79 Å². The van der Waals surface area contributed by atoms with Crippen LogP contribution in [0.4, 0.5) is 0 Å². The summed E-state index contributed by atoms with van der Waals surface area (Å²) >= 11 is 0. The van der Waals surface area contributed by atoms with Crippen molar-refractivity contribution < 1.29 is 24.6 Å². The normalized spacial score (nSPS) is 34.8. The molecule has 57 heavy (non-hydrogen) atoms. The van der Waals surface area contributed by atoms with Crippen LogP contribution in [0.5, 0.6) is 0 Å². The number of hydrogen-bond acceptors (Lipinski definition) is 4. The average Bonchev–Trinajstić information content (AvgIpc) is 3.84. The van der Waals surface area contributed by atoms with Gasteiger partial charge in [-0.2, -0.15) is 0 Å². The summed E-state index contributed by atoms with van der Waals surface area (Å²) in [5.41, 5.74) is 8.79. The second-order valence-electron chi connectivity index (χ2n) is 19.5. The molecule has 6 aliphatic rings. The number of amides is 2. The van der Waals surface area contributed by atoms with Gasteiger partial charge in [0.1, 0.15) is 0 Å². The first-order valence-corrected chi connectivity index (χ1v) is 22.3. The largest absolute Gasteiger partial charge is 0.478 e. The van der Waals surface area contributed by atoms with Gasteiger partial charge >= 0.3 is 5.97 Å². The van der Waals surface area contributed by atoms with E-state index >= 15 is 0 Å². The number of rotatable bonds is 7. The molecule has 8 rings (SSSR count). The van der Waals surface area contributed by atoms with E-state index in [-0.39, 0.29) is 29.4 Å². The second kappa shape index (κ2) is 17.8. The number of allylic oxidation sites excluding steroid dienone is 1. The number of aliphatic hydroxyl groups is 1. The van der Waals surface area contributed by atoms with Gasteiger partial charge in [-0.1, -0.05) is 78.3 Å². The number of hydrogen-bond donors (Lipinski definition) is 4. The third kappa shape index (κ3) is 8.13.